The van der Waals surface area contributed by atoms with E-state index in [1.54, 1.807) is 6.92 Å². The number of furan rings is 1. The van der Waals surface area contributed by atoms with Crippen LogP contribution in [-0.4, -0.2) is 6.54 Å². The average molecular weight is 287 g/mol. The van der Waals surface area contributed by atoms with Crippen LogP contribution in [0.2, 0.25) is 0 Å². The molecule has 0 amide bonds. The van der Waals surface area contributed by atoms with Gasteiger partial charge in [0, 0.05) is 6.07 Å². The number of hydrogen-bond acceptors (Lipinski definition) is 2. The third-order valence-electron chi connectivity index (χ3n) is 2.92. The van der Waals surface area contributed by atoms with Crippen LogP contribution in [0.3, 0.4) is 0 Å². The van der Waals surface area contributed by atoms with Crippen LogP contribution in [-0.2, 0) is 0 Å². The summed E-state index contributed by atoms with van der Waals surface area (Å²) in [4.78, 5) is 0. The first-order valence-corrected chi connectivity index (χ1v) is 6.12. The van der Waals surface area contributed by atoms with Gasteiger partial charge < -0.3 is 9.73 Å². The molecule has 1 aromatic heterocycles. The Morgan fingerprint density at radius 2 is 1.70 bits per heavy atom. The predicted octanol–water partition coefficient (Wildman–Crippen LogP) is 4.17. The highest BCUT2D eigenvalue weighted by Gasteiger charge is 2.23. The number of hydrogen-bond donors (Lipinski definition) is 1. The lowest BCUT2D eigenvalue weighted by Crippen LogP contribution is -2.16. The molecule has 2 aromatic rings. The molecule has 0 saturated carbocycles. The molecule has 6 heteroatoms. The van der Waals surface area contributed by atoms with Crippen LogP contribution in [0.25, 0.3) is 11.3 Å². The Bertz CT molecular complexity index is 598. The summed E-state index contributed by atoms with van der Waals surface area (Å²) in [6.07, 6.45) is 0. The van der Waals surface area contributed by atoms with Gasteiger partial charge in [-0.15, -0.1) is 0 Å². The van der Waals surface area contributed by atoms with Gasteiger partial charge in [-0.3, -0.25) is 0 Å². The van der Waals surface area contributed by atoms with Crippen LogP contribution < -0.4 is 5.32 Å². The maximum atomic E-state index is 13.6. The van der Waals surface area contributed by atoms with E-state index >= 15 is 0 Å². The molecule has 0 fully saturated rings. The van der Waals surface area contributed by atoms with Crippen molar-refractivity contribution in [3.63, 3.8) is 0 Å². The second-order valence-electron chi connectivity index (χ2n) is 4.32. The third-order valence-corrected chi connectivity index (χ3v) is 2.92. The van der Waals surface area contributed by atoms with Crippen LogP contribution in [0, 0.1) is 23.3 Å². The van der Waals surface area contributed by atoms with E-state index in [0.29, 0.717) is 12.3 Å². The number of nitrogens with one attached hydrogen (secondary N) is 1. The van der Waals surface area contributed by atoms with Gasteiger partial charge in [-0.1, -0.05) is 6.92 Å². The van der Waals surface area contributed by atoms with E-state index in [0.717, 1.165) is 0 Å². The van der Waals surface area contributed by atoms with Gasteiger partial charge >= 0.3 is 0 Å². The van der Waals surface area contributed by atoms with Crippen molar-refractivity contribution in [2.75, 3.05) is 6.54 Å². The normalized spacial score (nSPS) is 12.7. The molecule has 0 aliphatic rings. The monoisotopic (exact) mass is 287 g/mol. The summed E-state index contributed by atoms with van der Waals surface area (Å²) < 4.78 is 58.9. The van der Waals surface area contributed by atoms with Gasteiger partial charge in [0.15, 0.2) is 23.3 Å². The quantitative estimate of drug-likeness (QED) is 0.674. The molecule has 0 aliphatic carbocycles. The molecule has 108 valence electrons. The molecular weight excluding hydrogens is 274 g/mol. The molecule has 1 atom stereocenters. The fraction of sp³-hybridized carbons (Fsp3) is 0.286. The first-order chi connectivity index (χ1) is 9.45. The van der Waals surface area contributed by atoms with Crippen molar-refractivity contribution in [1.82, 2.24) is 5.32 Å². The van der Waals surface area contributed by atoms with Crippen LogP contribution in [0.5, 0.6) is 0 Å². The first-order valence-electron chi connectivity index (χ1n) is 6.12. The van der Waals surface area contributed by atoms with Crippen molar-refractivity contribution in [3.8, 4) is 11.3 Å². The van der Waals surface area contributed by atoms with Gasteiger partial charge in [0.25, 0.3) is 0 Å². The van der Waals surface area contributed by atoms with E-state index in [1.807, 2.05) is 6.92 Å². The van der Waals surface area contributed by atoms with Gasteiger partial charge in [0.05, 0.1) is 11.6 Å². The minimum absolute atomic E-state index is 0.166. The van der Waals surface area contributed by atoms with Crippen molar-refractivity contribution < 1.29 is 22.0 Å². The molecule has 20 heavy (non-hydrogen) atoms. The van der Waals surface area contributed by atoms with Crippen LogP contribution >= 0.6 is 0 Å². The Kier molecular flexibility index (Phi) is 4.13. The predicted molar refractivity (Wildman–Crippen MR) is 66.1 cm³/mol. The van der Waals surface area contributed by atoms with Gasteiger partial charge in [0.1, 0.15) is 11.5 Å². The zero-order valence-corrected chi connectivity index (χ0v) is 10.9. The molecule has 1 N–H and O–H groups in total. The molecule has 0 radical (unpaired) electrons. The Balaban J connectivity index is 2.48. The van der Waals surface area contributed by atoms with Gasteiger partial charge in [-0.25, -0.2) is 17.6 Å². The first kappa shape index (κ1) is 14.6. The molecule has 1 heterocycles. The lowest BCUT2D eigenvalue weighted by atomic mass is 10.1. The molecule has 0 aliphatic heterocycles. The standard InChI is InChI=1S/C14H13F4NO/c1-3-19-7(2)10-4-5-11(20-10)12-13(17)8(15)6-9(16)14(12)18/h4-7,19H,3H2,1-2H3. The lowest BCUT2D eigenvalue weighted by molar-refractivity contribution is 0.428. The van der Waals surface area contributed by atoms with Crippen LogP contribution in [0.15, 0.2) is 22.6 Å². The van der Waals surface area contributed by atoms with Gasteiger partial charge in [-0.05, 0) is 25.6 Å². The fourth-order valence-electron chi connectivity index (χ4n) is 1.92. The molecule has 1 aromatic carbocycles. The van der Waals surface area contributed by atoms with Crippen LogP contribution in [0.4, 0.5) is 17.6 Å². The number of rotatable bonds is 4. The highest BCUT2D eigenvalue weighted by Crippen LogP contribution is 2.32. The maximum Gasteiger partial charge on any atom is 0.172 e. The average Bonchev–Trinajstić information content (AvgIpc) is 2.87. The smallest absolute Gasteiger partial charge is 0.172 e. The molecule has 2 rings (SSSR count). The molecule has 0 spiro atoms. The van der Waals surface area contributed by atoms with E-state index < -0.39 is 28.8 Å². The summed E-state index contributed by atoms with van der Waals surface area (Å²) in [5.74, 6) is -5.70. The third kappa shape index (κ3) is 2.56. The Labute approximate surface area is 113 Å². The van der Waals surface area contributed by atoms with E-state index in [1.165, 1.54) is 12.1 Å². The van der Waals surface area contributed by atoms with E-state index in [4.69, 9.17) is 4.42 Å². The zero-order valence-electron chi connectivity index (χ0n) is 10.9. The summed E-state index contributed by atoms with van der Waals surface area (Å²) in [7, 11) is 0. The minimum Gasteiger partial charge on any atom is -0.459 e. The summed E-state index contributed by atoms with van der Waals surface area (Å²) in [5.41, 5.74) is -0.836. The van der Waals surface area contributed by atoms with E-state index in [2.05, 4.69) is 5.32 Å². The Morgan fingerprint density at radius 1 is 1.10 bits per heavy atom. The van der Waals surface area contributed by atoms with Gasteiger partial charge in [-0.2, -0.15) is 0 Å². The van der Waals surface area contributed by atoms with Crippen molar-refractivity contribution >= 4 is 0 Å². The summed E-state index contributed by atoms with van der Waals surface area (Å²) in [6.45, 7) is 4.36. The van der Waals surface area contributed by atoms with E-state index in [-0.39, 0.29) is 17.9 Å². The molecule has 0 saturated heterocycles. The van der Waals surface area contributed by atoms with Crippen molar-refractivity contribution in [2.45, 2.75) is 19.9 Å². The highest BCUT2D eigenvalue weighted by molar-refractivity contribution is 5.60. The minimum atomic E-state index is -1.47. The maximum absolute atomic E-state index is 13.6. The van der Waals surface area contributed by atoms with Crippen molar-refractivity contribution in [1.29, 1.82) is 0 Å². The van der Waals surface area contributed by atoms with E-state index in [9.17, 15) is 17.6 Å². The van der Waals surface area contributed by atoms with Crippen LogP contribution in [0.1, 0.15) is 25.6 Å². The molecular formula is C14H13F4NO. The zero-order chi connectivity index (χ0) is 14.9. The van der Waals surface area contributed by atoms with Crippen molar-refractivity contribution in [3.05, 3.63) is 47.2 Å². The SMILES string of the molecule is CCNC(C)c1ccc(-c2c(F)c(F)cc(F)c2F)o1. The van der Waals surface area contributed by atoms with Gasteiger partial charge in [0.2, 0.25) is 0 Å². The van der Waals surface area contributed by atoms with Crippen molar-refractivity contribution in [2.24, 2.45) is 0 Å². The second kappa shape index (κ2) is 5.66. The molecule has 1 unspecified atom stereocenters. The Morgan fingerprint density at radius 3 is 2.25 bits per heavy atom. The summed E-state index contributed by atoms with van der Waals surface area (Å²) >= 11 is 0. The second-order valence-corrected chi connectivity index (χ2v) is 4.32. The summed E-state index contributed by atoms with van der Waals surface area (Å²) in [6, 6.07) is 2.77. The number of benzene rings is 1. The lowest BCUT2D eigenvalue weighted by Gasteiger charge is -2.09. The summed E-state index contributed by atoms with van der Waals surface area (Å²) in [5, 5.41) is 3.05. The highest BCUT2D eigenvalue weighted by atomic mass is 19.2. The fourth-order valence-corrected chi connectivity index (χ4v) is 1.92. The Hall–Kier alpha value is -1.82. The topological polar surface area (TPSA) is 25.2 Å². The largest absolute Gasteiger partial charge is 0.459 e. The number of halogens is 4. The molecule has 0 bridgehead atoms. The molecule has 2 nitrogen and oxygen atoms in total.